The molecule has 194 valence electrons. The quantitative estimate of drug-likeness (QED) is 0.643. The molecule has 3 heterocycles. The van der Waals surface area contributed by atoms with Crippen LogP contribution in [0.2, 0.25) is 0 Å². The Morgan fingerprint density at radius 2 is 2.00 bits per heavy atom. The first-order valence-corrected chi connectivity index (χ1v) is 13.8. The molecule has 0 radical (unpaired) electrons. The Morgan fingerprint density at radius 1 is 1.22 bits per heavy atom. The van der Waals surface area contributed by atoms with Crippen LogP contribution in [0.3, 0.4) is 0 Å². The SMILES string of the molecule is CCN1C[C@]2(C)CC[C@H](OC)[C@]34C1[C@H]([C@@H](OC(=O)c1ccccc1)[C@@H]23)[C@@]1(O)CC[C@H]2C[C@H]4C1C(=O)O2. The highest BCUT2D eigenvalue weighted by Crippen LogP contribution is 2.77. The molecule has 8 rings (SSSR count). The minimum absolute atomic E-state index is 0.00435. The summed E-state index contributed by atoms with van der Waals surface area (Å²) in [6.45, 7) is 6.29. The fourth-order valence-electron chi connectivity index (χ4n) is 10.5. The lowest BCUT2D eigenvalue weighted by atomic mass is 9.42. The highest BCUT2D eigenvalue weighted by molar-refractivity contribution is 5.89. The highest BCUT2D eigenvalue weighted by Gasteiger charge is 2.85. The smallest absolute Gasteiger partial charge is 0.338 e. The van der Waals surface area contributed by atoms with Crippen LogP contribution >= 0.6 is 0 Å². The number of benzene rings is 1. The van der Waals surface area contributed by atoms with Crippen molar-refractivity contribution in [2.45, 2.75) is 75.9 Å². The maximum Gasteiger partial charge on any atom is 0.338 e. The molecule has 1 aromatic carbocycles. The largest absolute Gasteiger partial charge is 0.462 e. The fourth-order valence-corrected chi connectivity index (χ4v) is 10.5. The molecule has 0 amide bonds. The van der Waals surface area contributed by atoms with Crippen molar-refractivity contribution in [2.24, 2.45) is 34.5 Å². The van der Waals surface area contributed by atoms with Gasteiger partial charge in [-0.15, -0.1) is 0 Å². The molecule has 4 aliphatic carbocycles. The molecule has 1 spiro atoms. The lowest BCUT2D eigenvalue weighted by molar-refractivity contribution is -0.269. The molecular weight excluding hydrogens is 458 g/mol. The highest BCUT2D eigenvalue weighted by atomic mass is 16.6. The minimum Gasteiger partial charge on any atom is -0.462 e. The molecule has 0 aromatic heterocycles. The van der Waals surface area contributed by atoms with Crippen LogP contribution in [-0.4, -0.2) is 72.1 Å². The van der Waals surface area contributed by atoms with E-state index in [1.165, 1.54) is 0 Å². The number of fused-ring (bicyclic) bond motifs is 2. The minimum atomic E-state index is -1.27. The van der Waals surface area contributed by atoms with Crippen molar-refractivity contribution in [3.05, 3.63) is 35.9 Å². The molecule has 1 N–H and O–H groups in total. The lowest BCUT2D eigenvalue weighted by Crippen LogP contribution is -2.76. The van der Waals surface area contributed by atoms with E-state index in [1.54, 1.807) is 19.2 Å². The molecule has 2 unspecified atom stereocenters. The molecule has 7 aliphatic rings. The molecule has 36 heavy (non-hydrogen) atoms. The van der Waals surface area contributed by atoms with Crippen LogP contribution in [0.1, 0.15) is 56.3 Å². The third kappa shape index (κ3) is 2.60. The number of esters is 2. The van der Waals surface area contributed by atoms with Crippen LogP contribution in [0.5, 0.6) is 0 Å². The van der Waals surface area contributed by atoms with Crippen molar-refractivity contribution < 1.29 is 28.9 Å². The van der Waals surface area contributed by atoms with Gasteiger partial charge in [0.15, 0.2) is 0 Å². The Bertz CT molecular complexity index is 1090. The number of carbonyl (C=O) groups is 2. The molecule has 4 saturated carbocycles. The summed E-state index contributed by atoms with van der Waals surface area (Å²) >= 11 is 0. The number of likely N-dealkylation sites (tertiary alicyclic amines) is 1. The molecule has 1 aromatic rings. The van der Waals surface area contributed by atoms with Crippen molar-refractivity contribution in [3.63, 3.8) is 0 Å². The van der Waals surface area contributed by atoms with Crippen LogP contribution in [0, 0.1) is 34.5 Å². The van der Waals surface area contributed by atoms with E-state index in [-0.39, 0.29) is 58.8 Å². The Morgan fingerprint density at radius 3 is 2.72 bits per heavy atom. The summed E-state index contributed by atoms with van der Waals surface area (Å²) in [4.78, 5) is 29.6. The zero-order valence-corrected chi connectivity index (χ0v) is 21.4. The fraction of sp³-hybridized carbons (Fsp3) is 0.724. The molecule has 3 aliphatic heterocycles. The van der Waals surface area contributed by atoms with E-state index in [4.69, 9.17) is 14.2 Å². The van der Waals surface area contributed by atoms with Gasteiger partial charge in [0.25, 0.3) is 0 Å². The van der Waals surface area contributed by atoms with Gasteiger partial charge in [0.2, 0.25) is 0 Å². The first-order chi connectivity index (χ1) is 17.3. The van der Waals surface area contributed by atoms with Crippen molar-refractivity contribution >= 4 is 11.9 Å². The number of hydrogen-bond donors (Lipinski definition) is 1. The number of ether oxygens (including phenoxy) is 3. The Kier molecular flexibility index (Phi) is 4.86. The second-order valence-electron chi connectivity index (χ2n) is 12.6. The second-order valence-corrected chi connectivity index (χ2v) is 12.6. The van der Waals surface area contributed by atoms with Gasteiger partial charge in [0.05, 0.1) is 23.2 Å². The third-order valence-electron chi connectivity index (χ3n) is 11.3. The predicted molar refractivity (Wildman–Crippen MR) is 130 cm³/mol. The standard InChI is InChI=1S/C29H37NO6/c1-4-30-15-27(2)12-11-19(34-3)29-18-14-17-10-13-28(33,20(18)26(32)35-17)21(24(29)30)22(23(27)29)36-25(31)16-8-6-5-7-9-16/h5-9,17-24,33H,4,10-15H2,1-3H3/t17-,18-,19-,20?,21-,22+,23-,24?,27-,28+,29-/m0/s1. The summed E-state index contributed by atoms with van der Waals surface area (Å²) in [5, 5.41) is 12.6. The average Bonchev–Trinajstić information content (AvgIpc) is 2.92. The Hall–Kier alpha value is -1.96. The van der Waals surface area contributed by atoms with E-state index < -0.39 is 17.6 Å². The lowest BCUT2D eigenvalue weighted by Gasteiger charge is -2.69. The average molecular weight is 496 g/mol. The van der Waals surface area contributed by atoms with Crippen molar-refractivity contribution in [1.29, 1.82) is 0 Å². The number of methoxy groups -OCH3 is 1. The van der Waals surface area contributed by atoms with Crippen LogP contribution in [-0.2, 0) is 19.0 Å². The van der Waals surface area contributed by atoms with Crippen molar-refractivity contribution in [2.75, 3.05) is 20.2 Å². The van der Waals surface area contributed by atoms with Crippen LogP contribution in [0.15, 0.2) is 30.3 Å². The van der Waals surface area contributed by atoms with Gasteiger partial charge in [-0.1, -0.05) is 32.0 Å². The van der Waals surface area contributed by atoms with Crippen LogP contribution in [0.25, 0.3) is 0 Å². The van der Waals surface area contributed by atoms with Gasteiger partial charge in [0.1, 0.15) is 12.2 Å². The van der Waals surface area contributed by atoms with Gasteiger partial charge >= 0.3 is 11.9 Å². The molecule has 9 bridgehead atoms. The summed E-state index contributed by atoms with van der Waals surface area (Å²) in [7, 11) is 1.79. The molecule has 11 atom stereocenters. The monoisotopic (exact) mass is 495 g/mol. The van der Waals surface area contributed by atoms with Gasteiger partial charge in [-0.2, -0.15) is 0 Å². The molecule has 3 saturated heterocycles. The van der Waals surface area contributed by atoms with Gasteiger partial charge < -0.3 is 19.3 Å². The number of piperidine rings is 1. The van der Waals surface area contributed by atoms with E-state index >= 15 is 0 Å². The molecule has 7 heteroatoms. The zero-order valence-electron chi connectivity index (χ0n) is 21.4. The predicted octanol–water partition coefficient (Wildman–Crippen LogP) is 3.05. The first-order valence-electron chi connectivity index (χ1n) is 13.8. The number of nitrogens with zero attached hydrogens (tertiary/aromatic N) is 1. The molecule has 7 nitrogen and oxygen atoms in total. The Balaban J connectivity index is 1.46. The van der Waals surface area contributed by atoms with Gasteiger partial charge in [-0.25, -0.2) is 4.79 Å². The van der Waals surface area contributed by atoms with Gasteiger partial charge in [-0.05, 0) is 62.1 Å². The van der Waals surface area contributed by atoms with Crippen molar-refractivity contribution in [1.82, 2.24) is 4.90 Å². The molecular formula is C29H37NO6. The normalized spacial score (nSPS) is 50.4. The van der Waals surface area contributed by atoms with Crippen LogP contribution in [0.4, 0.5) is 0 Å². The topological polar surface area (TPSA) is 85.3 Å². The van der Waals surface area contributed by atoms with E-state index in [0.29, 0.717) is 18.4 Å². The van der Waals surface area contributed by atoms with Crippen LogP contribution < -0.4 is 0 Å². The number of carbonyl (C=O) groups excluding carboxylic acids is 2. The summed E-state index contributed by atoms with van der Waals surface area (Å²) in [5.74, 6) is -1.62. The summed E-state index contributed by atoms with van der Waals surface area (Å²) in [6.07, 6.45) is 3.10. The van der Waals surface area contributed by atoms with Crippen molar-refractivity contribution in [3.8, 4) is 0 Å². The Labute approximate surface area is 212 Å². The van der Waals surface area contributed by atoms with E-state index in [1.807, 2.05) is 18.2 Å². The molecule has 7 fully saturated rings. The second kappa shape index (κ2) is 7.55. The van der Waals surface area contributed by atoms with E-state index in [2.05, 4.69) is 18.7 Å². The third-order valence-corrected chi connectivity index (χ3v) is 11.3. The van der Waals surface area contributed by atoms with Gasteiger partial charge in [-0.3, -0.25) is 9.69 Å². The number of hydrogen-bond acceptors (Lipinski definition) is 7. The summed E-state index contributed by atoms with van der Waals surface area (Å²) in [6, 6.07) is 9.13. The first kappa shape index (κ1) is 23.2. The maximum atomic E-state index is 13.5. The number of rotatable bonds is 4. The zero-order chi connectivity index (χ0) is 25.0. The van der Waals surface area contributed by atoms with Gasteiger partial charge in [0, 0.05) is 36.9 Å². The van der Waals surface area contributed by atoms with E-state index in [9.17, 15) is 14.7 Å². The summed E-state index contributed by atoms with van der Waals surface area (Å²) in [5.41, 5.74) is -1.23. The van der Waals surface area contributed by atoms with E-state index in [0.717, 1.165) is 32.4 Å². The maximum absolute atomic E-state index is 13.5. The number of aliphatic hydroxyl groups is 1. The summed E-state index contributed by atoms with van der Waals surface area (Å²) < 4.78 is 18.7.